The van der Waals surface area contributed by atoms with Crippen LogP contribution in [0.2, 0.25) is 0 Å². The number of sulfonamides is 1. The van der Waals surface area contributed by atoms with Gasteiger partial charge in [-0.15, -0.1) is 0 Å². The Balaban J connectivity index is 1.59. The maximum Gasteiger partial charge on any atom is 0.240 e. The van der Waals surface area contributed by atoms with Gasteiger partial charge in [0.1, 0.15) is 11.9 Å². The number of hydrogen-bond donors (Lipinski definition) is 2. The summed E-state index contributed by atoms with van der Waals surface area (Å²) in [6.07, 6.45) is 4.16. The van der Waals surface area contributed by atoms with E-state index in [4.69, 9.17) is 4.74 Å². The summed E-state index contributed by atoms with van der Waals surface area (Å²) in [4.78, 5) is 0.299. The lowest BCUT2D eigenvalue weighted by atomic mass is 10.1. The number of ether oxygens (including phenoxy) is 1. The van der Waals surface area contributed by atoms with Gasteiger partial charge in [0.05, 0.1) is 11.1 Å². The van der Waals surface area contributed by atoms with Gasteiger partial charge in [0.2, 0.25) is 10.0 Å². The van der Waals surface area contributed by atoms with E-state index in [0.717, 1.165) is 41.8 Å². The van der Waals surface area contributed by atoms with Gasteiger partial charge in [-0.3, -0.25) is 5.10 Å². The van der Waals surface area contributed by atoms with Crippen LogP contribution in [0.3, 0.4) is 0 Å². The van der Waals surface area contributed by atoms with E-state index in [1.165, 1.54) is 0 Å². The summed E-state index contributed by atoms with van der Waals surface area (Å²) in [6, 6.07) is 5.04. The number of aromatic nitrogens is 2. The number of hydrogen-bond acceptors (Lipinski definition) is 4. The molecule has 0 radical (unpaired) electrons. The number of rotatable bonds is 6. The molecule has 6 nitrogen and oxygen atoms in total. The fourth-order valence-corrected chi connectivity index (χ4v) is 3.89. The van der Waals surface area contributed by atoms with Gasteiger partial charge in [-0.2, -0.15) is 5.10 Å². The topological polar surface area (TPSA) is 84.1 Å². The Morgan fingerprint density at radius 1 is 1.43 bits per heavy atom. The first kappa shape index (κ1) is 16.0. The summed E-state index contributed by atoms with van der Waals surface area (Å²) in [7, 11) is -3.48. The first-order chi connectivity index (χ1) is 11.0. The van der Waals surface area contributed by atoms with Crippen LogP contribution in [0.25, 0.3) is 0 Å². The van der Waals surface area contributed by atoms with Crippen molar-refractivity contribution < 1.29 is 13.2 Å². The lowest BCUT2D eigenvalue weighted by Crippen LogP contribution is -2.25. The number of aromatic amines is 1. The Morgan fingerprint density at radius 2 is 2.26 bits per heavy atom. The van der Waals surface area contributed by atoms with Crippen LogP contribution >= 0.6 is 0 Å². The number of aryl methyl sites for hydroxylation is 2. The van der Waals surface area contributed by atoms with Crippen LogP contribution in [0.5, 0.6) is 5.75 Å². The van der Waals surface area contributed by atoms with Crippen molar-refractivity contribution in [2.75, 3.05) is 6.54 Å². The average molecular weight is 335 g/mol. The zero-order chi connectivity index (χ0) is 16.4. The van der Waals surface area contributed by atoms with Crippen LogP contribution in [-0.2, 0) is 22.9 Å². The first-order valence-corrected chi connectivity index (χ1v) is 9.22. The minimum atomic E-state index is -3.48. The Morgan fingerprint density at radius 3 is 3.00 bits per heavy atom. The molecular weight excluding hydrogens is 314 g/mol. The highest BCUT2D eigenvalue weighted by Gasteiger charge is 2.22. The maximum absolute atomic E-state index is 12.4. The Hall–Kier alpha value is -1.86. The third-order valence-corrected chi connectivity index (χ3v) is 5.49. The minimum Gasteiger partial charge on any atom is -0.490 e. The van der Waals surface area contributed by atoms with Gasteiger partial charge >= 0.3 is 0 Å². The van der Waals surface area contributed by atoms with E-state index >= 15 is 0 Å². The van der Waals surface area contributed by atoms with Gasteiger partial charge in [-0.1, -0.05) is 0 Å². The summed E-state index contributed by atoms with van der Waals surface area (Å²) in [5.74, 6) is 0.784. The molecule has 2 N–H and O–H groups in total. The zero-order valence-corrected chi connectivity index (χ0v) is 14.1. The molecule has 1 aromatic carbocycles. The van der Waals surface area contributed by atoms with Crippen molar-refractivity contribution in [1.29, 1.82) is 0 Å². The molecule has 0 saturated heterocycles. The average Bonchev–Trinajstić information content (AvgIpc) is 3.07. The second-order valence-corrected chi connectivity index (χ2v) is 7.69. The number of nitrogens with zero attached hydrogens (tertiary/aromatic N) is 1. The van der Waals surface area contributed by atoms with Crippen molar-refractivity contribution in [3.8, 4) is 5.75 Å². The van der Waals surface area contributed by atoms with Crippen molar-refractivity contribution in [3.63, 3.8) is 0 Å². The van der Waals surface area contributed by atoms with Crippen LogP contribution < -0.4 is 9.46 Å². The van der Waals surface area contributed by atoms with E-state index in [2.05, 4.69) is 14.9 Å². The quantitative estimate of drug-likeness (QED) is 0.790. The van der Waals surface area contributed by atoms with E-state index in [1.807, 2.05) is 13.8 Å². The van der Waals surface area contributed by atoms with Gasteiger partial charge in [0.25, 0.3) is 0 Å². The largest absolute Gasteiger partial charge is 0.490 e. The molecular formula is C16H21N3O3S. The van der Waals surface area contributed by atoms with Crippen molar-refractivity contribution in [1.82, 2.24) is 14.9 Å². The highest BCUT2D eigenvalue weighted by molar-refractivity contribution is 7.89. The number of fused-ring (bicyclic) bond motifs is 1. The highest BCUT2D eigenvalue weighted by Crippen LogP contribution is 2.30. The standard InChI is InChI=1S/C16H21N3O3S/c1-11-8-14-9-15(5-6-16(14)22-11)23(20,21)18-7-3-4-13-10-17-19-12(13)2/h5-6,9-11,18H,3-4,7-8H2,1-2H3,(H,17,19). The Labute approximate surface area is 136 Å². The number of nitrogens with one attached hydrogen (secondary N) is 2. The number of benzene rings is 1. The fraction of sp³-hybridized carbons (Fsp3) is 0.438. The summed E-state index contributed by atoms with van der Waals surface area (Å²) in [6.45, 7) is 4.33. The van der Waals surface area contributed by atoms with Crippen molar-refractivity contribution >= 4 is 10.0 Å². The molecule has 7 heteroatoms. The van der Waals surface area contributed by atoms with Gasteiger partial charge < -0.3 is 4.74 Å². The molecule has 0 amide bonds. The normalized spacial score (nSPS) is 17.0. The molecule has 1 aliphatic heterocycles. The molecule has 1 aliphatic rings. The van der Waals surface area contributed by atoms with Crippen LogP contribution in [0.4, 0.5) is 0 Å². The SMILES string of the molecule is Cc1[nH]ncc1CCCNS(=O)(=O)c1ccc2c(c1)CC(C)O2. The van der Waals surface area contributed by atoms with Crippen LogP contribution in [0.1, 0.15) is 30.2 Å². The zero-order valence-electron chi connectivity index (χ0n) is 13.3. The molecule has 0 bridgehead atoms. The second-order valence-electron chi connectivity index (χ2n) is 5.92. The lowest BCUT2D eigenvalue weighted by Gasteiger charge is -2.08. The summed E-state index contributed by atoms with van der Waals surface area (Å²) < 4.78 is 33.0. The molecule has 2 aromatic rings. The molecule has 0 fully saturated rings. The molecule has 1 unspecified atom stereocenters. The molecule has 0 saturated carbocycles. The summed E-state index contributed by atoms with van der Waals surface area (Å²) in [5, 5.41) is 6.84. The van der Waals surface area contributed by atoms with Crippen molar-refractivity contribution in [2.24, 2.45) is 0 Å². The fourth-order valence-electron chi connectivity index (χ4n) is 2.76. The third-order valence-electron chi connectivity index (χ3n) is 4.03. The van der Waals surface area contributed by atoms with Crippen molar-refractivity contribution in [2.45, 2.75) is 44.1 Å². The van der Waals surface area contributed by atoms with Crippen LogP contribution in [0, 0.1) is 6.92 Å². The Bertz CT molecular complexity index is 799. The third kappa shape index (κ3) is 3.56. The van der Waals surface area contributed by atoms with E-state index in [1.54, 1.807) is 24.4 Å². The van der Waals surface area contributed by atoms with Gasteiger partial charge in [0.15, 0.2) is 0 Å². The van der Waals surface area contributed by atoms with E-state index < -0.39 is 10.0 Å². The van der Waals surface area contributed by atoms with E-state index in [0.29, 0.717) is 11.4 Å². The van der Waals surface area contributed by atoms with Crippen LogP contribution in [-0.4, -0.2) is 31.3 Å². The summed E-state index contributed by atoms with van der Waals surface area (Å²) in [5.41, 5.74) is 3.10. The van der Waals surface area contributed by atoms with E-state index in [-0.39, 0.29) is 6.10 Å². The molecule has 3 rings (SSSR count). The van der Waals surface area contributed by atoms with Crippen LogP contribution in [0.15, 0.2) is 29.3 Å². The molecule has 1 atom stereocenters. The molecule has 0 aliphatic carbocycles. The number of H-pyrrole nitrogens is 1. The molecule has 23 heavy (non-hydrogen) atoms. The highest BCUT2D eigenvalue weighted by atomic mass is 32.2. The monoisotopic (exact) mass is 335 g/mol. The van der Waals surface area contributed by atoms with Gasteiger partial charge in [0, 0.05) is 18.7 Å². The summed E-state index contributed by atoms with van der Waals surface area (Å²) >= 11 is 0. The predicted molar refractivity (Wildman–Crippen MR) is 87.1 cm³/mol. The molecule has 124 valence electrons. The smallest absolute Gasteiger partial charge is 0.240 e. The second kappa shape index (κ2) is 6.33. The molecule has 0 spiro atoms. The van der Waals surface area contributed by atoms with Gasteiger partial charge in [-0.05, 0) is 56.0 Å². The maximum atomic E-state index is 12.4. The lowest BCUT2D eigenvalue weighted by molar-refractivity contribution is 0.254. The minimum absolute atomic E-state index is 0.106. The Kier molecular flexibility index (Phi) is 4.41. The van der Waals surface area contributed by atoms with Crippen molar-refractivity contribution in [3.05, 3.63) is 41.2 Å². The first-order valence-electron chi connectivity index (χ1n) is 7.74. The molecule has 1 aromatic heterocycles. The predicted octanol–water partition coefficient (Wildman–Crippen LogP) is 1.95. The van der Waals surface area contributed by atoms with E-state index in [9.17, 15) is 8.42 Å². The van der Waals surface area contributed by atoms with Gasteiger partial charge in [-0.25, -0.2) is 13.1 Å². The molecule has 2 heterocycles.